The quantitative estimate of drug-likeness (QED) is 0.880. The van der Waals surface area contributed by atoms with Crippen LogP contribution in [0, 0.1) is 5.92 Å². The molecule has 1 heterocycles. The van der Waals surface area contributed by atoms with Crippen molar-refractivity contribution in [2.24, 2.45) is 5.92 Å². The van der Waals surface area contributed by atoms with Gasteiger partial charge in [-0.1, -0.05) is 33.1 Å². The van der Waals surface area contributed by atoms with Gasteiger partial charge in [-0.3, -0.25) is 4.79 Å². The van der Waals surface area contributed by atoms with E-state index in [9.17, 15) is 4.79 Å². The van der Waals surface area contributed by atoms with Gasteiger partial charge in [-0.25, -0.2) is 4.68 Å². The molecule has 1 fully saturated rings. The largest absolute Gasteiger partial charge is 0.481 e. The topological polar surface area (TPSA) is 80.9 Å². The number of hydrogen-bond donors (Lipinski definition) is 1. The Bertz CT molecular complexity index is 423. The Hall–Kier alpha value is -1.46. The van der Waals surface area contributed by atoms with Crippen molar-refractivity contribution in [2.75, 3.05) is 0 Å². The van der Waals surface area contributed by atoms with Gasteiger partial charge in [0.25, 0.3) is 0 Å². The summed E-state index contributed by atoms with van der Waals surface area (Å²) in [6, 6.07) is 0. The Morgan fingerprint density at radius 2 is 2.11 bits per heavy atom. The SMILES string of the molecule is CC(Cn1nnnc1C1(C)CCCCC1)C(=O)O. The number of carbonyl (C=O) groups is 1. The molecule has 0 aliphatic heterocycles. The van der Waals surface area contributed by atoms with Crippen molar-refractivity contribution in [1.29, 1.82) is 0 Å². The maximum Gasteiger partial charge on any atom is 0.308 e. The van der Waals surface area contributed by atoms with Gasteiger partial charge >= 0.3 is 5.97 Å². The lowest BCUT2D eigenvalue weighted by Crippen LogP contribution is -2.31. The molecule has 0 amide bonds. The summed E-state index contributed by atoms with van der Waals surface area (Å²) in [5.41, 5.74) is -0.0000265. The molecule has 0 aromatic carbocycles. The maximum atomic E-state index is 10.9. The van der Waals surface area contributed by atoms with Crippen molar-refractivity contribution in [3.63, 3.8) is 0 Å². The summed E-state index contributed by atoms with van der Waals surface area (Å²) in [5, 5.41) is 20.8. The van der Waals surface area contributed by atoms with Crippen LogP contribution in [0.5, 0.6) is 0 Å². The lowest BCUT2D eigenvalue weighted by molar-refractivity contribution is -0.141. The van der Waals surface area contributed by atoms with Crippen molar-refractivity contribution in [3.05, 3.63) is 5.82 Å². The summed E-state index contributed by atoms with van der Waals surface area (Å²) < 4.78 is 1.67. The Morgan fingerprint density at radius 1 is 1.44 bits per heavy atom. The molecule has 18 heavy (non-hydrogen) atoms. The van der Waals surface area contributed by atoms with E-state index >= 15 is 0 Å². The van der Waals surface area contributed by atoms with Gasteiger partial charge in [0.15, 0.2) is 5.82 Å². The zero-order chi connectivity index (χ0) is 13.2. The maximum absolute atomic E-state index is 10.9. The molecule has 1 saturated carbocycles. The molecule has 1 aliphatic carbocycles. The van der Waals surface area contributed by atoms with Gasteiger partial charge in [0, 0.05) is 5.41 Å². The summed E-state index contributed by atoms with van der Waals surface area (Å²) in [4.78, 5) is 10.9. The molecule has 0 saturated heterocycles. The van der Waals surface area contributed by atoms with E-state index < -0.39 is 11.9 Å². The van der Waals surface area contributed by atoms with Crippen LogP contribution >= 0.6 is 0 Å². The Balaban J connectivity index is 2.19. The minimum absolute atomic E-state index is 0.0000265. The molecule has 6 heteroatoms. The van der Waals surface area contributed by atoms with E-state index in [0.717, 1.165) is 18.7 Å². The van der Waals surface area contributed by atoms with E-state index in [0.29, 0.717) is 6.54 Å². The lowest BCUT2D eigenvalue weighted by atomic mass is 9.75. The van der Waals surface area contributed by atoms with Crippen molar-refractivity contribution in [1.82, 2.24) is 20.2 Å². The summed E-state index contributed by atoms with van der Waals surface area (Å²) >= 11 is 0. The third-order valence-electron chi connectivity index (χ3n) is 3.90. The van der Waals surface area contributed by atoms with E-state index in [-0.39, 0.29) is 5.41 Å². The first-order valence-corrected chi connectivity index (χ1v) is 6.52. The highest BCUT2D eigenvalue weighted by Gasteiger charge is 2.34. The second kappa shape index (κ2) is 5.04. The van der Waals surface area contributed by atoms with E-state index in [1.54, 1.807) is 11.6 Å². The van der Waals surface area contributed by atoms with Gasteiger partial charge in [-0.2, -0.15) is 0 Å². The monoisotopic (exact) mass is 252 g/mol. The summed E-state index contributed by atoms with van der Waals surface area (Å²) in [7, 11) is 0. The van der Waals surface area contributed by atoms with Gasteiger partial charge in [0.1, 0.15) is 0 Å². The van der Waals surface area contributed by atoms with Crippen molar-refractivity contribution in [2.45, 2.75) is 57.9 Å². The van der Waals surface area contributed by atoms with E-state index in [4.69, 9.17) is 5.11 Å². The van der Waals surface area contributed by atoms with Crippen LogP contribution in [-0.4, -0.2) is 31.3 Å². The van der Waals surface area contributed by atoms with Crippen molar-refractivity contribution in [3.8, 4) is 0 Å². The fourth-order valence-electron chi connectivity index (χ4n) is 2.65. The molecule has 0 bridgehead atoms. The van der Waals surface area contributed by atoms with Gasteiger partial charge in [0.05, 0.1) is 12.5 Å². The van der Waals surface area contributed by atoms with E-state index in [2.05, 4.69) is 22.4 Å². The third kappa shape index (κ3) is 2.52. The van der Waals surface area contributed by atoms with Crippen LogP contribution in [0.4, 0.5) is 0 Å². The molecule has 1 aromatic rings. The van der Waals surface area contributed by atoms with Crippen LogP contribution in [0.3, 0.4) is 0 Å². The van der Waals surface area contributed by atoms with Crippen molar-refractivity contribution < 1.29 is 9.90 Å². The van der Waals surface area contributed by atoms with Gasteiger partial charge in [0.2, 0.25) is 0 Å². The molecule has 1 atom stereocenters. The predicted octanol–water partition coefficient (Wildman–Crippen LogP) is 1.62. The number of hydrogen-bond acceptors (Lipinski definition) is 4. The lowest BCUT2D eigenvalue weighted by Gasteiger charge is -2.32. The first kappa shape index (κ1) is 13.0. The Kier molecular flexibility index (Phi) is 3.63. The molecule has 0 radical (unpaired) electrons. The predicted molar refractivity (Wildman–Crippen MR) is 65.1 cm³/mol. The third-order valence-corrected chi connectivity index (χ3v) is 3.90. The average Bonchev–Trinajstić information content (AvgIpc) is 2.78. The second-order valence-electron chi connectivity index (χ2n) is 5.55. The molecular formula is C12H20N4O2. The van der Waals surface area contributed by atoms with E-state index in [1.807, 2.05) is 0 Å². The highest BCUT2D eigenvalue weighted by atomic mass is 16.4. The minimum atomic E-state index is -0.815. The number of tetrazole rings is 1. The van der Waals surface area contributed by atoms with Crippen LogP contribution in [0.1, 0.15) is 51.8 Å². The molecule has 0 spiro atoms. The van der Waals surface area contributed by atoms with Crippen LogP contribution in [0.2, 0.25) is 0 Å². The molecule has 1 aromatic heterocycles. The molecule has 1 unspecified atom stereocenters. The van der Waals surface area contributed by atoms with Crippen LogP contribution in [0.25, 0.3) is 0 Å². The fourth-order valence-corrected chi connectivity index (χ4v) is 2.65. The molecule has 1 N–H and O–H groups in total. The van der Waals surface area contributed by atoms with E-state index in [1.165, 1.54) is 19.3 Å². The zero-order valence-electron chi connectivity index (χ0n) is 11.0. The number of rotatable bonds is 4. The standard InChI is InChI=1S/C12H20N4O2/c1-9(10(17)18)8-16-11(13-14-15-16)12(2)6-4-3-5-7-12/h9H,3-8H2,1-2H3,(H,17,18). The number of aromatic nitrogens is 4. The molecule has 100 valence electrons. The summed E-state index contributed by atoms with van der Waals surface area (Å²) in [6.07, 6.45) is 5.81. The van der Waals surface area contributed by atoms with Crippen molar-refractivity contribution >= 4 is 5.97 Å². The summed E-state index contributed by atoms with van der Waals surface area (Å²) in [5.74, 6) is -0.444. The number of carboxylic acids is 1. The Labute approximate surface area is 106 Å². The van der Waals surface area contributed by atoms with Gasteiger partial charge < -0.3 is 5.11 Å². The highest BCUT2D eigenvalue weighted by Crippen LogP contribution is 2.37. The smallest absolute Gasteiger partial charge is 0.308 e. The van der Waals surface area contributed by atoms with Crippen LogP contribution in [0.15, 0.2) is 0 Å². The minimum Gasteiger partial charge on any atom is -0.481 e. The van der Waals surface area contributed by atoms with Crippen LogP contribution in [-0.2, 0) is 16.8 Å². The second-order valence-corrected chi connectivity index (χ2v) is 5.55. The normalized spacial score (nSPS) is 20.6. The van der Waals surface area contributed by atoms with Crippen LogP contribution < -0.4 is 0 Å². The molecule has 2 rings (SSSR count). The number of nitrogens with zero attached hydrogens (tertiary/aromatic N) is 4. The van der Waals surface area contributed by atoms with Gasteiger partial charge in [-0.05, 0) is 23.3 Å². The highest BCUT2D eigenvalue weighted by molar-refractivity contribution is 5.69. The average molecular weight is 252 g/mol. The first-order chi connectivity index (χ1) is 8.53. The fraction of sp³-hybridized carbons (Fsp3) is 0.833. The molecule has 1 aliphatic rings. The van der Waals surface area contributed by atoms with Gasteiger partial charge in [-0.15, -0.1) is 5.10 Å². The molecule has 6 nitrogen and oxygen atoms in total. The first-order valence-electron chi connectivity index (χ1n) is 6.52. The number of aliphatic carboxylic acids is 1. The Morgan fingerprint density at radius 3 is 2.72 bits per heavy atom. The number of carboxylic acid groups (broad SMARTS) is 1. The summed E-state index contributed by atoms with van der Waals surface area (Å²) in [6.45, 7) is 4.20. The molecular weight excluding hydrogens is 232 g/mol. The zero-order valence-corrected chi connectivity index (χ0v) is 11.0.